The Bertz CT molecular complexity index is 432. The molecule has 1 aromatic rings. The highest BCUT2D eigenvalue weighted by Crippen LogP contribution is 2.24. The van der Waals surface area contributed by atoms with Crippen LogP contribution in [0.1, 0.15) is 5.56 Å². The number of hydrogen-bond donors (Lipinski definition) is 1. The molecule has 0 unspecified atom stereocenters. The van der Waals surface area contributed by atoms with E-state index >= 15 is 0 Å². The molecule has 1 aromatic carbocycles. The zero-order valence-electron chi connectivity index (χ0n) is 9.17. The third kappa shape index (κ3) is 4.26. The van der Waals surface area contributed by atoms with Crippen molar-refractivity contribution < 1.29 is 27.4 Å². The molecule has 0 aliphatic carbocycles. The highest BCUT2D eigenvalue weighted by molar-refractivity contribution is 5.38. The molecular weight excluding hydrogens is 252 g/mol. The molecule has 6 heteroatoms. The summed E-state index contributed by atoms with van der Waals surface area (Å²) >= 11 is 0. The first-order chi connectivity index (χ1) is 8.45. The van der Waals surface area contributed by atoms with E-state index in [9.17, 15) is 17.6 Å². The molecule has 1 N–H and O–H groups in total. The topological polar surface area (TPSA) is 29.5 Å². The van der Waals surface area contributed by atoms with Gasteiger partial charge in [0.15, 0.2) is 6.61 Å². The Morgan fingerprint density at radius 3 is 2.33 bits per heavy atom. The molecular formula is C12H10F4O2. The van der Waals surface area contributed by atoms with Gasteiger partial charge in [0.25, 0.3) is 0 Å². The standard InChI is InChI=1S/C12H10F4O2/c13-11(14)12(15,16)8-18-10-5-3-9(4-6-10)2-1-7-17/h3-6,11,17H,7-8H2. The van der Waals surface area contributed by atoms with Gasteiger partial charge in [-0.2, -0.15) is 8.78 Å². The Balaban J connectivity index is 2.59. The second kappa shape index (κ2) is 6.26. The van der Waals surface area contributed by atoms with Crippen LogP contribution in [0.3, 0.4) is 0 Å². The van der Waals surface area contributed by atoms with Gasteiger partial charge in [-0.3, -0.25) is 0 Å². The molecule has 98 valence electrons. The van der Waals surface area contributed by atoms with Crippen LogP contribution in [0.15, 0.2) is 24.3 Å². The van der Waals surface area contributed by atoms with Gasteiger partial charge >= 0.3 is 12.3 Å². The van der Waals surface area contributed by atoms with Crippen molar-refractivity contribution in [1.29, 1.82) is 0 Å². The summed E-state index contributed by atoms with van der Waals surface area (Å²) in [6.07, 6.45) is -3.76. The van der Waals surface area contributed by atoms with Crippen LogP contribution in [0.25, 0.3) is 0 Å². The maximum Gasteiger partial charge on any atom is 0.340 e. The summed E-state index contributed by atoms with van der Waals surface area (Å²) in [6, 6.07) is 5.61. The molecule has 0 aromatic heterocycles. The Hall–Kier alpha value is -1.74. The van der Waals surface area contributed by atoms with Gasteiger partial charge < -0.3 is 9.84 Å². The predicted molar refractivity (Wildman–Crippen MR) is 56.9 cm³/mol. The smallest absolute Gasteiger partial charge is 0.340 e. The lowest BCUT2D eigenvalue weighted by atomic mass is 10.2. The van der Waals surface area contributed by atoms with E-state index < -0.39 is 19.0 Å². The first-order valence-electron chi connectivity index (χ1n) is 4.94. The first kappa shape index (κ1) is 14.3. The molecule has 18 heavy (non-hydrogen) atoms. The SMILES string of the molecule is OCC#Cc1ccc(OCC(F)(F)C(F)F)cc1. The summed E-state index contributed by atoms with van der Waals surface area (Å²) < 4.78 is 53.4. The van der Waals surface area contributed by atoms with Crippen molar-refractivity contribution >= 4 is 0 Å². The van der Waals surface area contributed by atoms with Gasteiger partial charge in [-0.1, -0.05) is 11.8 Å². The highest BCUT2D eigenvalue weighted by Gasteiger charge is 2.41. The zero-order valence-corrected chi connectivity index (χ0v) is 9.17. The van der Waals surface area contributed by atoms with E-state index in [0.717, 1.165) is 0 Å². The molecule has 0 aliphatic heterocycles. The Morgan fingerprint density at radius 2 is 1.83 bits per heavy atom. The average molecular weight is 262 g/mol. The summed E-state index contributed by atoms with van der Waals surface area (Å²) in [5, 5.41) is 8.46. The van der Waals surface area contributed by atoms with E-state index in [1.54, 1.807) is 0 Å². The van der Waals surface area contributed by atoms with Crippen LogP contribution in [-0.2, 0) is 0 Å². The van der Waals surface area contributed by atoms with Crippen molar-refractivity contribution in [3.05, 3.63) is 29.8 Å². The molecule has 0 aliphatic rings. The Kier molecular flexibility index (Phi) is 4.98. The molecule has 0 amide bonds. The van der Waals surface area contributed by atoms with E-state index in [1.807, 2.05) is 0 Å². The fraction of sp³-hybridized carbons (Fsp3) is 0.333. The van der Waals surface area contributed by atoms with Crippen LogP contribution in [0.2, 0.25) is 0 Å². The van der Waals surface area contributed by atoms with Crippen LogP contribution in [0.5, 0.6) is 5.75 Å². The Morgan fingerprint density at radius 1 is 1.22 bits per heavy atom. The summed E-state index contributed by atoms with van der Waals surface area (Å²) in [5.41, 5.74) is 0.553. The van der Waals surface area contributed by atoms with Gasteiger partial charge in [0, 0.05) is 5.56 Å². The number of aliphatic hydroxyl groups is 1. The number of hydrogen-bond acceptors (Lipinski definition) is 2. The summed E-state index contributed by atoms with van der Waals surface area (Å²) in [6.45, 7) is -1.68. The molecule has 1 rings (SSSR count). The van der Waals surface area contributed by atoms with Gasteiger partial charge in [-0.25, -0.2) is 8.78 Å². The van der Waals surface area contributed by atoms with Crippen molar-refractivity contribution in [3.63, 3.8) is 0 Å². The third-order valence-corrected chi connectivity index (χ3v) is 1.92. The maximum absolute atomic E-state index is 12.6. The molecule has 0 spiro atoms. The number of benzene rings is 1. The van der Waals surface area contributed by atoms with Crippen LogP contribution in [0.4, 0.5) is 17.6 Å². The lowest BCUT2D eigenvalue weighted by Gasteiger charge is -2.15. The molecule has 2 nitrogen and oxygen atoms in total. The monoisotopic (exact) mass is 262 g/mol. The van der Waals surface area contributed by atoms with Crippen LogP contribution in [0, 0.1) is 11.8 Å². The fourth-order valence-electron chi connectivity index (χ4n) is 1.02. The van der Waals surface area contributed by atoms with E-state index in [2.05, 4.69) is 16.6 Å². The van der Waals surface area contributed by atoms with Gasteiger partial charge in [-0.05, 0) is 24.3 Å². The molecule has 0 bridgehead atoms. The summed E-state index contributed by atoms with van der Waals surface area (Å²) in [4.78, 5) is 0. The van der Waals surface area contributed by atoms with Gasteiger partial charge in [-0.15, -0.1) is 0 Å². The number of aliphatic hydroxyl groups excluding tert-OH is 1. The zero-order chi connectivity index (χ0) is 13.6. The minimum atomic E-state index is -4.17. The van der Waals surface area contributed by atoms with E-state index in [4.69, 9.17) is 5.11 Å². The molecule has 0 heterocycles. The van der Waals surface area contributed by atoms with Gasteiger partial charge in [0.05, 0.1) is 0 Å². The lowest BCUT2D eigenvalue weighted by molar-refractivity contribution is -0.148. The maximum atomic E-state index is 12.6. The summed E-state index contributed by atoms with van der Waals surface area (Å²) in [5.74, 6) is 0.864. The minimum Gasteiger partial charge on any atom is -0.487 e. The van der Waals surface area contributed by atoms with E-state index in [1.165, 1.54) is 24.3 Å². The first-order valence-corrected chi connectivity index (χ1v) is 4.94. The predicted octanol–water partition coefficient (Wildman–Crippen LogP) is 2.31. The minimum absolute atomic E-state index is 0.0462. The van der Waals surface area contributed by atoms with Gasteiger partial charge in [0.1, 0.15) is 12.4 Å². The fourth-order valence-corrected chi connectivity index (χ4v) is 1.02. The van der Waals surface area contributed by atoms with E-state index in [0.29, 0.717) is 5.56 Å². The van der Waals surface area contributed by atoms with E-state index in [-0.39, 0.29) is 12.4 Å². The summed E-state index contributed by atoms with van der Waals surface area (Å²) in [7, 11) is 0. The molecule has 0 radical (unpaired) electrons. The number of ether oxygens (including phenoxy) is 1. The number of halogens is 4. The van der Waals surface area contributed by atoms with Crippen LogP contribution in [-0.4, -0.2) is 30.7 Å². The quantitative estimate of drug-likeness (QED) is 0.666. The molecule has 0 fully saturated rings. The number of alkyl halides is 4. The van der Waals surface area contributed by atoms with Crippen molar-refractivity contribution in [3.8, 4) is 17.6 Å². The second-order valence-electron chi connectivity index (χ2n) is 3.33. The third-order valence-electron chi connectivity index (χ3n) is 1.92. The highest BCUT2D eigenvalue weighted by atomic mass is 19.3. The van der Waals surface area contributed by atoms with Crippen LogP contribution < -0.4 is 4.74 Å². The second-order valence-corrected chi connectivity index (χ2v) is 3.33. The molecule has 0 atom stereocenters. The van der Waals surface area contributed by atoms with Crippen molar-refractivity contribution in [1.82, 2.24) is 0 Å². The van der Waals surface area contributed by atoms with Crippen molar-refractivity contribution in [2.45, 2.75) is 12.3 Å². The average Bonchev–Trinajstić information content (AvgIpc) is 2.35. The van der Waals surface area contributed by atoms with Crippen molar-refractivity contribution in [2.24, 2.45) is 0 Å². The number of rotatable bonds is 4. The Labute approximate surface area is 101 Å². The normalized spacial score (nSPS) is 11.0. The molecule has 0 saturated heterocycles. The largest absolute Gasteiger partial charge is 0.487 e. The van der Waals surface area contributed by atoms with Gasteiger partial charge in [0.2, 0.25) is 0 Å². The van der Waals surface area contributed by atoms with Crippen LogP contribution >= 0.6 is 0 Å². The lowest BCUT2D eigenvalue weighted by Crippen LogP contribution is -2.33. The van der Waals surface area contributed by atoms with Crippen molar-refractivity contribution in [2.75, 3.05) is 13.2 Å². The molecule has 0 saturated carbocycles.